The van der Waals surface area contributed by atoms with Gasteiger partial charge in [-0.1, -0.05) is 0 Å². The minimum Gasteiger partial charge on any atom is -0.489 e. The Bertz CT molecular complexity index is 4900. The van der Waals surface area contributed by atoms with E-state index < -0.39 is 46.2 Å². The van der Waals surface area contributed by atoms with Gasteiger partial charge in [-0.15, -0.1) is 0 Å². The van der Waals surface area contributed by atoms with Gasteiger partial charge in [0.15, 0.2) is 0 Å². The van der Waals surface area contributed by atoms with Crippen molar-refractivity contribution in [2.45, 2.75) is 59.9 Å². The van der Waals surface area contributed by atoms with Crippen molar-refractivity contribution < 1.29 is 74.2 Å². The molecule has 0 aliphatic heterocycles. The third-order valence-corrected chi connectivity index (χ3v) is 14.6. The summed E-state index contributed by atoms with van der Waals surface area (Å²) in [7, 11) is 5.88. The van der Waals surface area contributed by atoms with Gasteiger partial charge in [-0.3, -0.25) is 33.6 Å². The number of hydrogen-bond donors (Lipinski definition) is 7. The van der Waals surface area contributed by atoms with Crippen LogP contribution in [0.2, 0.25) is 0 Å². The average molecular weight is 1270 g/mol. The summed E-state index contributed by atoms with van der Waals surface area (Å²) < 4.78 is 76.5. The Balaban J connectivity index is 0.000000152. The third-order valence-electron chi connectivity index (χ3n) is 14.5. The van der Waals surface area contributed by atoms with Crippen LogP contribution in [0.4, 0.5) is 13.2 Å². The molecule has 20 nitrogen and oxygen atoms in total. The molecule has 6 aromatic heterocycles. The summed E-state index contributed by atoms with van der Waals surface area (Å²) in [5.41, 5.74) is 5.07. The van der Waals surface area contributed by atoms with Gasteiger partial charge in [-0.25, -0.2) is 13.2 Å². The van der Waals surface area contributed by atoms with Crippen molar-refractivity contribution in [3.8, 4) is 51.2 Å². The lowest BCUT2D eigenvalue weighted by molar-refractivity contribution is -0.116. The Kier molecular flexibility index (Phi) is 18.2. The number of amides is 4. The zero-order valence-electron chi connectivity index (χ0n) is 51.0. The maximum Gasteiger partial charge on any atom is 0.293 e. The lowest BCUT2D eigenvalue weighted by Gasteiger charge is -2.11. The summed E-state index contributed by atoms with van der Waals surface area (Å²) in [6, 6.07) is 23.8. The van der Waals surface area contributed by atoms with E-state index in [1.54, 1.807) is 37.5 Å². The number of furan rings is 3. The van der Waals surface area contributed by atoms with Crippen molar-refractivity contribution >= 4 is 118 Å². The fourth-order valence-corrected chi connectivity index (χ4v) is 10.7. The largest absolute Gasteiger partial charge is 0.489 e. The molecule has 6 aromatic carbocycles. The van der Waals surface area contributed by atoms with Crippen LogP contribution >= 0.6 is 11.6 Å². The topological polar surface area (TPSA) is 282 Å². The Morgan fingerprint density at radius 2 is 0.772 bits per heavy atom. The minimum atomic E-state index is -1.16. The van der Waals surface area contributed by atoms with Gasteiger partial charge in [-0.05, 0) is 150 Å². The van der Waals surface area contributed by atoms with Crippen LogP contribution in [0.5, 0.6) is 17.2 Å². The number of benzene rings is 6. The van der Waals surface area contributed by atoms with Gasteiger partial charge in [0.2, 0.25) is 5.78 Å². The first-order chi connectivity index (χ1) is 44.0. The summed E-state index contributed by atoms with van der Waals surface area (Å²) >= 11 is 5.45. The number of aromatic amines is 3. The second-order valence-corrected chi connectivity index (χ2v) is 22.0. The quantitative estimate of drug-likeness (QED) is 0.0269. The molecule has 0 fully saturated rings. The Hall–Kier alpha value is -11.1. The first-order valence-electron chi connectivity index (χ1n) is 28.7. The summed E-state index contributed by atoms with van der Waals surface area (Å²) in [5.74, 6) is -2.71. The SMILES string of the molecule is CNC(=O)C(=O)c1c[nH]c2c(OC(C)C)cc3c(C(=O)NC)c(-c4ccc(F)cc4)oc3c12.CNC(=O)c1c(-c2ccc(F)cc2)oc2c1cc(OC(C)C)c1[nH]cc(C(=O)C(=O)Cl)c12.CNC(=O)c1c(-c2ccc(F)cc2)oc2c1cc(OC(C)C)c1[nH]ccc12. The van der Waals surface area contributed by atoms with E-state index in [0.717, 1.165) is 10.9 Å². The minimum absolute atomic E-state index is 0.0120. The van der Waals surface area contributed by atoms with Crippen LogP contribution in [0.25, 0.3) is 99.6 Å². The van der Waals surface area contributed by atoms with Gasteiger partial charge >= 0.3 is 0 Å². The molecule has 92 heavy (non-hydrogen) atoms. The van der Waals surface area contributed by atoms with E-state index >= 15 is 0 Å². The molecule has 0 aliphatic carbocycles. The second kappa shape index (κ2) is 26.2. The number of ketones is 2. The zero-order valence-corrected chi connectivity index (χ0v) is 51.8. The van der Waals surface area contributed by atoms with E-state index in [9.17, 15) is 46.7 Å². The van der Waals surface area contributed by atoms with E-state index in [1.807, 2.05) is 53.7 Å². The molecule has 0 radical (unpaired) electrons. The molecular formula is C68H59ClF3N7O13. The number of carbonyl (C=O) groups is 7. The summed E-state index contributed by atoms with van der Waals surface area (Å²) in [6.07, 6.45) is 4.10. The second-order valence-electron chi connectivity index (χ2n) is 21.6. The van der Waals surface area contributed by atoms with Gasteiger partial charge in [-0.2, -0.15) is 0 Å². The molecule has 0 spiro atoms. The summed E-state index contributed by atoms with van der Waals surface area (Å²) in [4.78, 5) is 96.5. The Morgan fingerprint density at radius 3 is 1.11 bits per heavy atom. The molecule has 0 saturated heterocycles. The smallest absolute Gasteiger partial charge is 0.293 e. The summed E-state index contributed by atoms with van der Waals surface area (Å²) in [6.45, 7) is 11.2. The predicted molar refractivity (Wildman–Crippen MR) is 341 cm³/mol. The van der Waals surface area contributed by atoms with E-state index in [-0.39, 0.29) is 80.4 Å². The van der Waals surface area contributed by atoms with E-state index in [2.05, 4.69) is 36.2 Å². The van der Waals surface area contributed by atoms with Gasteiger partial charge in [0, 0.05) is 85.0 Å². The predicted octanol–water partition coefficient (Wildman–Crippen LogP) is 13.5. The molecule has 6 heterocycles. The highest BCUT2D eigenvalue weighted by Crippen LogP contribution is 2.46. The van der Waals surface area contributed by atoms with E-state index in [1.165, 1.54) is 94.2 Å². The number of halogens is 4. The van der Waals surface area contributed by atoms with Crippen molar-refractivity contribution in [1.29, 1.82) is 0 Å². The molecule has 0 aliphatic rings. The lowest BCUT2D eigenvalue weighted by atomic mass is 10.0. The average Bonchev–Trinajstić information content (AvgIpc) is 1.59. The van der Waals surface area contributed by atoms with Crippen LogP contribution in [0.15, 0.2) is 129 Å². The van der Waals surface area contributed by atoms with Crippen LogP contribution in [0.3, 0.4) is 0 Å². The highest BCUT2D eigenvalue weighted by Gasteiger charge is 2.32. The standard InChI is InChI=1S/C24H22FN3O5.C23H18ClFN2O5.C21H19FN2O3/c1-11(2)32-16-9-14-18(23(30)26-3)21(12-5-7-13(25)8-6-12)33-22(14)17-15(10-28-19(16)17)20(29)24(31)27-4;1-10(2)31-15-8-13-17(23(30)26-3)20(11-4-6-12(25)7-5-11)32-21(13)16-14(9-27-18(15)16)19(28)22(24)29;1-11(2)26-16-10-15-17(21(25)23-3)19(12-4-6-13(22)7-5-12)27-20(15)14-8-9-24-18(14)16/h5-11,28H,1-4H3,(H,26,30)(H,27,31);4-10,27H,1-3H3,(H,26,30);4-11,24H,1-3H3,(H,23,25). The molecule has 0 unspecified atom stereocenters. The first-order valence-corrected chi connectivity index (χ1v) is 29.1. The van der Waals surface area contributed by atoms with Crippen molar-refractivity contribution in [3.05, 3.63) is 161 Å². The molecule has 0 saturated carbocycles. The zero-order chi connectivity index (χ0) is 66.1. The van der Waals surface area contributed by atoms with Crippen LogP contribution in [-0.4, -0.2) is 102 Å². The molecule has 0 atom stereocenters. The highest BCUT2D eigenvalue weighted by atomic mass is 35.5. The van der Waals surface area contributed by atoms with Gasteiger partial charge < -0.3 is 63.7 Å². The summed E-state index contributed by atoms with van der Waals surface area (Å²) in [5, 5.41) is 11.8. The van der Waals surface area contributed by atoms with Crippen LogP contribution in [0.1, 0.15) is 93.3 Å². The number of Topliss-reactive ketones (excluding diaryl/α,β-unsaturated/α-hetero) is 2. The molecular weight excluding hydrogens is 1220 g/mol. The number of fused-ring (bicyclic) bond motifs is 9. The van der Waals surface area contributed by atoms with Crippen LogP contribution < -0.4 is 35.5 Å². The van der Waals surface area contributed by atoms with E-state index in [4.69, 9.17) is 39.1 Å². The number of carbonyl (C=O) groups excluding carboxylic acids is 7. The normalized spacial score (nSPS) is 11.3. The van der Waals surface area contributed by atoms with Crippen molar-refractivity contribution in [1.82, 2.24) is 36.2 Å². The number of H-pyrrole nitrogens is 3. The van der Waals surface area contributed by atoms with Crippen molar-refractivity contribution in [2.75, 3.05) is 28.2 Å². The maximum absolute atomic E-state index is 13.5. The number of rotatable bonds is 16. The molecule has 0 bridgehead atoms. The van der Waals surface area contributed by atoms with Crippen LogP contribution in [-0.2, 0) is 9.59 Å². The molecule has 12 aromatic rings. The number of aromatic nitrogens is 3. The molecule has 472 valence electrons. The molecule has 4 amide bonds. The van der Waals surface area contributed by atoms with Gasteiger partial charge in [0.05, 0.1) is 73.5 Å². The Labute approximate surface area is 526 Å². The number of likely N-dealkylation sites (N-methyl/N-ethyl adjacent to an activating group) is 1. The number of nitrogens with one attached hydrogen (secondary N) is 7. The fourth-order valence-electron chi connectivity index (χ4n) is 10.6. The van der Waals surface area contributed by atoms with Gasteiger partial charge in [0.25, 0.3) is 34.7 Å². The van der Waals surface area contributed by atoms with Gasteiger partial charge in [0.1, 0.15) is 68.7 Å². The first kappa shape index (κ1) is 63.9. The molecule has 12 rings (SSSR count). The van der Waals surface area contributed by atoms with Crippen LogP contribution in [0, 0.1) is 17.5 Å². The fraction of sp³-hybridized carbons (Fsp3) is 0.191. The molecule has 24 heteroatoms. The van der Waals surface area contributed by atoms with Crippen molar-refractivity contribution in [2.24, 2.45) is 0 Å². The third kappa shape index (κ3) is 12.1. The maximum atomic E-state index is 13.5. The lowest BCUT2D eigenvalue weighted by Crippen LogP contribution is -2.27. The van der Waals surface area contributed by atoms with Crippen molar-refractivity contribution in [3.63, 3.8) is 0 Å². The highest BCUT2D eigenvalue weighted by molar-refractivity contribution is 6.83. The monoisotopic (exact) mass is 1270 g/mol. The Morgan fingerprint density at radius 1 is 0.435 bits per heavy atom. The van der Waals surface area contributed by atoms with E-state index in [0.29, 0.717) is 83.4 Å². The molecule has 7 N–H and O–H groups in total. The number of ether oxygens (including phenoxy) is 3. The number of hydrogen-bond acceptors (Lipinski definition) is 13.